The van der Waals surface area contributed by atoms with Gasteiger partial charge in [0.25, 0.3) is 5.56 Å². The Morgan fingerprint density at radius 1 is 0.882 bits per heavy atom. The van der Waals surface area contributed by atoms with E-state index in [1.54, 1.807) is 45.2 Å². The molecule has 2 heterocycles. The van der Waals surface area contributed by atoms with Crippen molar-refractivity contribution in [2.45, 2.75) is 92.7 Å². The molecular weight excluding hydrogens is 650 g/mol. The Morgan fingerprint density at radius 3 is 2.16 bits per heavy atom. The fourth-order valence-electron chi connectivity index (χ4n) is 5.69. The maximum absolute atomic E-state index is 14.1. The van der Waals surface area contributed by atoms with E-state index in [9.17, 15) is 19.2 Å². The van der Waals surface area contributed by atoms with Crippen molar-refractivity contribution >= 4 is 46.2 Å². The molecule has 0 unspecified atom stereocenters. The molecule has 0 atom stereocenters. The van der Waals surface area contributed by atoms with Crippen LogP contribution in [0.25, 0.3) is 22.2 Å². The zero-order chi connectivity index (χ0) is 37.5. The van der Waals surface area contributed by atoms with Gasteiger partial charge in [0, 0.05) is 48.4 Å². The lowest BCUT2D eigenvalue weighted by atomic mass is 9.91. The molecule has 0 bridgehead atoms. The maximum atomic E-state index is 14.1. The van der Waals surface area contributed by atoms with Gasteiger partial charge in [-0.2, -0.15) is 0 Å². The molecule has 0 aliphatic heterocycles. The number of esters is 1. The SMILES string of the molecule is CCn1c(=O)c(NC(=O)Nc2c(C(C)C)cc(NC(=O)OC(C)(C)C)cc2C(C)C)c(-c2cccc(OCCCOC(C)=O)c2)c2cccnc21. The van der Waals surface area contributed by atoms with Crippen molar-refractivity contribution in [2.75, 3.05) is 29.2 Å². The number of aromatic nitrogens is 2. The van der Waals surface area contributed by atoms with Crippen LogP contribution in [0.3, 0.4) is 0 Å². The molecule has 2 aromatic heterocycles. The van der Waals surface area contributed by atoms with Gasteiger partial charge in [-0.3, -0.25) is 19.5 Å². The number of nitrogens with zero attached hydrogens (tertiary/aromatic N) is 2. The number of nitrogens with one attached hydrogen (secondary N) is 3. The third kappa shape index (κ3) is 9.87. The van der Waals surface area contributed by atoms with Crippen LogP contribution in [0.15, 0.2) is 59.5 Å². The van der Waals surface area contributed by atoms with E-state index in [2.05, 4.69) is 20.9 Å². The van der Waals surface area contributed by atoms with Gasteiger partial charge in [-0.1, -0.05) is 39.8 Å². The largest absolute Gasteiger partial charge is 0.493 e. The van der Waals surface area contributed by atoms with Gasteiger partial charge >= 0.3 is 18.1 Å². The molecule has 3 N–H and O–H groups in total. The molecule has 4 aromatic rings. The summed E-state index contributed by atoms with van der Waals surface area (Å²) < 4.78 is 17.9. The first-order chi connectivity index (χ1) is 24.1. The number of amides is 3. The van der Waals surface area contributed by atoms with E-state index < -0.39 is 23.3 Å². The molecule has 0 spiro atoms. The average molecular weight is 700 g/mol. The molecule has 0 aliphatic carbocycles. The monoisotopic (exact) mass is 699 g/mol. The van der Waals surface area contributed by atoms with E-state index >= 15 is 0 Å². The maximum Gasteiger partial charge on any atom is 0.412 e. The molecule has 51 heavy (non-hydrogen) atoms. The number of urea groups is 1. The molecule has 0 saturated carbocycles. The molecule has 272 valence electrons. The number of carbonyl (C=O) groups is 3. The number of carbonyl (C=O) groups excluding carboxylic acids is 3. The predicted octanol–water partition coefficient (Wildman–Crippen LogP) is 8.65. The molecule has 4 rings (SSSR count). The van der Waals surface area contributed by atoms with Crippen molar-refractivity contribution < 1.29 is 28.6 Å². The summed E-state index contributed by atoms with van der Waals surface area (Å²) in [5.74, 6) is 0.131. The smallest absolute Gasteiger partial charge is 0.412 e. The highest BCUT2D eigenvalue weighted by atomic mass is 16.6. The first-order valence-electron chi connectivity index (χ1n) is 17.2. The summed E-state index contributed by atoms with van der Waals surface area (Å²) in [6.07, 6.45) is 1.56. The zero-order valence-corrected chi connectivity index (χ0v) is 30.9. The lowest BCUT2D eigenvalue weighted by Gasteiger charge is -2.24. The Balaban J connectivity index is 1.75. The molecule has 12 nitrogen and oxygen atoms in total. The number of aryl methyl sites for hydroxylation is 1. The minimum Gasteiger partial charge on any atom is -0.493 e. The Labute approximate surface area is 298 Å². The fourth-order valence-corrected chi connectivity index (χ4v) is 5.69. The van der Waals surface area contributed by atoms with Crippen molar-refractivity contribution in [1.29, 1.82) is 0 Å². The normalized spacial score (nSPS) is 11.4. The molecule has 0 aliphatic rings. The van der Waals surface area contributed by atoms with Gasteiger partial charge in [-0.15, -0.1) is 0 Å². The van der Waals surface area contributed by atoms with E-state index in [1.807, 2.05) is 65.0 Å². The van der Waals surface area contributed by atoms with Crippen LogP contribution >= 0.6 is 0 Å². The lowest BCUT2D eigenvalue weighted by molar-refractivity contribution is -0.141. The van der Waals surface area contributed by atoms with Gasteiger partial charge < -0.3 is 24.8 Å². The van der Waals surface area contributed by atoms with Crippen LogP contribution in [0.4, 0.5) is 26.7 Å². The number of ether oxygens (including phenoxy) is 3. The molecule has 0 radical (unpaired) electrons. The quantitative estimate of drug-likeness (QED) is 0.0982. The summed E-state index contributed by atoms with van der Waals surface area (Å²) in [5, 5.41) is 9.44. The Hall–Kier alpha value is -5.39. The summed E-state index contributed by atoms with van der Waals surface area (Å²) >= 11 is 0. The van der Waals surface area contributed by atoms with Crippen molar-refractivity contribution in [3.63, 3.8) is 0 Å². The van der Waals surface area contributed by atoms with Gasteiger partial charge in [0.05, 0.1) is 13.2 Å². The van der Waals surface area contributed by atoms with Crippen LogP contribution in [0, 0.1) is 0 Å². The van der Waals surface area contributed by atoms with Gasteiger partial charge in [0.1, 0.15) is 22.7 Å². The predicted molar refractivity (Wildman–Crippen MR) is 201 cm³/mol. The average Bonchev–Trinajstić information content (AvgIpc) is 3.04. The minimum absolute atomic E-state index is 0.0328. The zero-order valence-electron chi connectivity index (χ0n) is 30.9. The highest BCUT2D eigenvalue weighted by molar-refractivity contribution is 6.08. The second-order valence-corrected chi connectivity index (χ2v) is 13.8. The first kappa shape index (κ1) is 38.4. The number of pyridine rings is 2. The summed E-state index contributed by atoms with van der Waals surface area (Å²) in [6, 6.07) is 13.9. The van der Waals surface area contributed by atoms with Crippen molar-refractivity contribution in [1.82, 2.24) is 9.55 Å². The molecule has 12 heteroatoms. The van der Waals surface area contributed by atoms with Crippen molar-refractivity contribution in [3.8, 4) is 16.9 Å². The summed E-state index contributed by atoms with van der Waals surface area (Å²) in [4.78, 5) is 56.4. The first-order valence-corrected chi connectivity index (χ1v) is 17.2. The van der Waals surface area contributed by atoms with Gasteiger partial charge in [-0.05, 0) is 92.6 Å². The second-order valence-electron chi connectivity index (χ2n) is 13.8. The third-order valence-electron chi connectivity index (χ3n) is 7.89. The van der Waals surface area contributed by atoms with Gasteiger partial charge in [0.2, 0.25) is 0 Å². The molecule has 2 aromatic carbocycles. The van der Waals surface area contributed by atoms with E-state index in [1.165, 1.54) is 11.5 Å². The fraction of sp³-hybridized carbons (Fsp3) is 0.410. The van der Waals surface area contributed by atoms with Crippen LogP contribution in [0.2, 0.25) is 0 Å². The lowest BCUT2D eigenvalue weighted by Crippen LogP contribution is -2.30. The Bertz CT molecular complexity index is 1930. The Morgan fingerprint density at radius 2 is 1.55 bits per heavy atom. The Kier molecular flexibility index (Phi) is 12.5. The van der Waals surface area contributed by atoms with E-state index in [4.69, 9.17) is 14.2 Å². The van der Waals surface area contributed by atoms with Crippen molar-refractivity contribution in [3.05, 3.63) is 76.2 Å². The van der Waals surface area contributed by atoms with Crippen LogP contribution in [0.5, 0.6) is 5.75 Å². The number of fused-ring (bicyclic) bond motifs is 1. The molecular formula is C39H49N5O7. The summed E-state index contributed by atoms with van der Waals surface area (Å²) in [5.41, 5.74) is 3.38. The van der Waals surface area contributed by atoms with E-state index in [0.717, 1.165) is 11.1 Å². The number of rotatable bonds is 12. The van der Waals surface area contributed by atoms with Crippen LogP contribution < -0.4 is 26.2 Å². The van der Waals surface area contributed by atoms with E-state index in [-0.39, 0.29) is 30.1 Å². The highest BCUT2D eigenvalue weighted by Gasteiger charge is 2.24. The molecule has 0 fully saturated rings. The number of anilines is 3. The van der Waals surface area contributed by atoms with E-state index in [0.29, 0.717) is 58.9 Å². The number of hydrogen-bond donors (Lipinski definition) is 3. The van der Waals surface area contributed by atoms with Crippen LogP contribution in [-0.2, 0) is 20.8 Å². The second kappa shape index (κ2) is 16.5. The highest BCUT2D eigenvalue weighted by Crippen LogP contribution is 2.37. The standard InChI is InChI=1S/C39H49N5O7/c1-10-44-35-29(16-12-17-40-35)32(26-14-11-15-28(20-26)50-19-13-18-49-25(6)45)34(36(44)46)43-37(47)42-33-30(23(2)3)21-27(22-31(33)24(4)5)41-38(48)51-39(7,8)9/h11-12,14-17,20-24H,10,13,18-19H2,1-9H3,(H,41,48)(H2,42,43,47). The topological polar surface area (TPSA) is 150 Å². The number of hydrogen-bond acceptors (Lipinski definition) is 8. The van der Waals surface area contributed by atoms with Crippen LogP contribution in [-0.4, -0.2) is 46.5 Å². The molecule has 0 saturated heterocycles. The summed E-state index contributed by atoms with van der Waals surface area (Å²) in [7, 11) is 0. The van der Waals surface area contributed by atoms with Crippen molar-refractivity contribution in [2.24, 2.45) is 0 Å². The third-order valence-corrected chi connectivity index (χ3v) is 7.89. The van der Waals surface area contributed by atoms with Gasteiger partial charge in [0.15, 0.2) is 0 Å². The summed E-state index contributed by atoms with van der Waals surface area (Å²) in [6.45, 7) is 17.5. The van der Waals surface area contributed by atoms with Crippen LogP contribution in [0.1, 0.15) is 91.7 Å². The number of benzene rings is 2. The minimum atomic E-state index is -0.667. The van der Waals surface area contributed by atoms with Gasteiger partial charge in [-0.25, -0.2) is 14.6 Å². The molecule has 3 amide bonds.